The molecule has 2 aromatic heterocycles. The second kappa shape index (κ2) is 5.84. The Bertz CT molecular complexity index is 543. The van der Waals surface area contributed by atoms with E-state index in [0.717, 1.165) is 44.1 Å². The first-order valence-corrected chi connectivity index (χ1v) is 7.93. The number of aromatic nitrogens is 3. The van der Waals surface area contributed by atoms with Gasteiger partial charge in [0.05, 0.1) is 6.54 Å². The van der Waals surface area contributed by atoms with Crippen molar-refractivity contribution in [3.05, 3.63) is 33.5 Å². The van der Waals surface area contributed by atoms with Gasteiger partial charge in [0.25, 0.3) is 0 Å². The molecule has 5 heteroatoms. The molecule has 0 aromatic carbocycles. The Morgan fingerprint density at radius 3 is 3.16 bits per heavy atom. The van der Waals surface area contributed by atoms with Crippen molar-refractivity contribution in [2.45, 2.75) is 52.2 Å². The molecule has 0 amide bonds. The minimum absolute atomic E-state index is 0.814. The van der Waals surface area contributed by atoms with Gasteiger partial charge in [-0.1, -0.05) is 6.92 Å². The standard InChI is InChI=1S/C14H20N4S/c1-2-11-6-8-19-12(11)9-15-10-14-17-16-13-5-3-4-7-18(13)14/h6,8,15H,2-5,7,9-10H2,1H3. The van der Waals surface area contributed by atoms with Gasteiger partial charge >= 0.3 is 0 Å². The summed E-state index contributed by atoms with van der Waals surface area (Å²) in [6.07, 6.45) is 4.70. The van der Waals surface area contributed by atoms with Crippen LogP contribution in [-0.2, 0) is 32.5 Å². The smallest absolute Gasteiger partial charge is 0.147 e. The maximum Gasteiger partial charge on any atom is 0.147 e. The second-order valence-corrected chi connectivity index (χ2v) is 5.97. The normalized spacial score (nSPS) is 14.6. The molecule has 0 saturated heterocycles. The van der Waals surface area contributed by atoms with E-state index < -0.39 is 0 Å². The minimum atomic E-state index is 0.814. The van der Waals surface area contributed by atoms with Crippen molar-refractivity contribution in [3.8, 4) is 0 Å². The summed E-state index contributed by atoms with van der Waals surface area (Å²) in [6.45, 7) is 5.04. The van der Waals surface area contributed by atoms with Crippen LogP contribution in [0.5, 0.6) is 0 Å². The molecule has 1 aliphatic heterocycles. The Balaban J connectivity index is 1.59. The molecule has 2 aromatic rings. The van der Waals surface area contributed by atoms with Crippen molar-refractivity contribution in [1.82, 2.24) is 20.1 Å². The lowest BCUT2D eigenvalue weighted by atomic mass is 10.2. The van der Waals surface area contributed by atoms with Gasteiger partial charge in [-0.2, -0.15) is 0 Å². The third-order valence-electron chi connectivity index (χ3n) is 3.72. The highest BCUT2D eigenvalue weighted by Crippen LogP contribution is 2.17. The topological polar surface area (TPSA) is 42.7 Å². The van der Waals surface area contributed by atoms with Crippen LogP contribution >= 0.6 is 11.3 Å². The van der Waals surface area contributed by atoms with Crippen LogP contribution in [0.3, 0.4) is 0 Å². The quantitative estimate of drug-likeness (QED) is 0.912. The molecule has 0 fully saturated rings. The second-order valence-electron chi connectivity index (χ2n) is 4.97. The molecule has 0 unspecified atom stereocenters. The largest absolute Gasteiger partial charge is 0.314 e. The molecule has 3 rings (SSSR count). The van der Waals surface area contributed by atoms with Crippen molar-refractivity contribution < 1.29 is 0 Å². The highest BCUT2D eigenvalue weighted by atomic mass is 32.1. The monoisotopic (exact) mass is 276 g/mol. The van der Waals surface area contributed by atoms with Crippen LogP contribution in [0.25, 0.3) is 0 Å². The van der Waals surface area contributed by atoms with E-state index in [1.54, 1.807) is 0 Å². The fourth-order valence-corrected chi connectivity index (χ4v) is 3.57. The van der Waals surface area contributed by atoms with E-state index in [-0.39, 0.29) is 0 Å². The van der Waals surface area contributed by atoms with Gasteiger partial charge in [0.2, 0.25) is 0 Å². The highest BCUT2D eigenvalue weighted by molar-refractivity contribution is 7.10. The SMILES string of the molecule is CCc1ccsc1CNCc1nnc2n1CCCC2. The van der Waals surface area contributed by atoms with Crippen LogP contribution in [0, 0.1) is 0 Å². The van der Waals surface area contributed by atoms with E-state index in [4.69, 9.17) is 0 Å². The van der Waals surface area contributed by atoms with Crippen molar-refractivity contribution in [2.24, 2.45) is 0 Å². The number of hydrogen-bond acceptors (Lipinski definition) is 4. The van der Waals surface area contributed by atoms with E-state index in [9.17, 15) is 0 Å². The molecule has 3 heterocycles. The van der Waals surface area contributed by atoms with E-state index in [1.807, 2.05) is 11.3 Å². The fraction of sp³-hybridized carbons (Fsp3) is 0.571. The van der Waals surface area contributed by atoms with Crippen LogP contribution in [0.15, 0.2) is 11.4 Å². The van der Waals surface area contributed by atoms with Crippen molar-refractivity contribution >= 4 is 11.3 Å². The zero-order valence-electron chi connectivity index (χ0n) is 11.4. The van der Waals surface area contributed by atoms with Crippen molar-refractivity contribution in [1.29, 1.82) is 0 Å². The number of aryl methyl sites for hydroxylation is 2. The van der Waals surface area contributed by atoms with E-state index in [2.05, 4.69) is 38.5 Å². The van der Waals surface area contributed by atoms with Gasteiger partial charge in [-0.3, -0.25) is 0 Å². The molecule has 0 spiro atoms. The molecule has 19 heavy (non-hydrogen) atoms. The summed E-state index contributed by atoms with van der Waals surface area (Å²) in [5.41, 5.74) is 1.46. The number of thiophene rings is 1. The molecule has 0 aliphatic carbocycles. The van der Waals surface area contributed by atoms with Crippen molar-refractivity contribution in [3.63, 3.8) is 0 Å². The zero-order valence-corrected chi connectivity index (χ0v) is 12.2. The zero-order chi connectivity index (χ0) is 13.1. The number of rotatable bonds is 5. The average Bonchev–Trinajstić information content (AvgIpc) is 3.06. The van der Waals surface area contributed by atoms with Crippen LogP contribution in [0.2, 0.25) is 0 Å². The summed E-state index contributed by atoms with van der Waals surface area (Å²) in [5, 5.41) is 14.3. The molecule has 0 radical (unpaired) electrons. The molecule has 1 N–H and O–H groups in total. The molecule has 0 bridgehead atoms. The van der Waals surface area contributed by atoms with Crippen LogP contribution in [0.4, 0.5) is 0 Å². The summed E-state index contributed by atoms with van der Waals surface area (Å²) >= 11 is 1.83. The fourth-order valence-electron chi connectivity index (χ4n) is 2.62. The lowest BCUT2D eigenvalue weighted by Gasteiger charge is -2.14. The van der Waals surface area contributed by atoms with Gasteiger partial charge in [0, 0.05) is 24.4 Å². The first-order valence-electron chi connectivity index (χ1n) is 7.05. The van der Waals surface area contributed by atoms with E-state index in [0.29, 0.717) is 0 Å². The highest BCUT2D eigenvalue weighted by Gasteiger charge is 2.15. The summed E-state index contributed by atoms with van der Waals surface area (Å²) in [4.78, 5) is 1.45. The predicted octanol–water partition coefficient (Wildman–Crippen LogP) is 2.53. The van der Waals surface area contributed by atoms with Crippen LogP contribution in [-0.4, -0.2) is 14.8 Å². The number of nitrogens with zero attached hydrogens (tertiary/aromatic N) is 3. The lowest BCUT2D eigenvalue weighted by molar-refractivity contribution is 0.497. The van der Waals surface area contributed by atoms with Gasteiger partial charge in [-0.25, -0.2) is 0 Å². The van der Waals surface area contributed by atoms with Gasteiger partial charge in [-0.15, -0.1) is 21.5 Å². The first-order chi connectivity index (χ1) is 9.38. The van der Waals surface area contributed by atoms with Crippen molar-refractivity contribution in [2.75, 3.05) is 0 Å². The number of nitrogens with one attached hydrogen (secondary N) is 1. The van der Waals surface area contributed by atoms with Crippen LogP contribution < -0.4 is 5.32 Å². The van der Waals surface area contributed by atoms with E-state index >= 15 is 0 Å². The summed E-state index contributed by atoms with van der Waals surface area (Å²) in [7, 11) is 0. The lowest BCUT2D eigenvalue weighted by Crippen LogP contribution is -2.19. The molecule has 1 aliphatic rings. The Morgan fingerprint density at radius 2 is 2.26 bits per heavy atom. The molecular weight excluding hydrogens is 256 g/mol. The number of fused-ring (bicyclic) bond motifs is 1. The Hall–Kier alpha value is -1.20. The first kappa shape index (κ1) is 12.8. The van der Waals surface area contributed by atoms with E-state index in [1.165, 1.54) is 23.3 Å². The van der Waals surface area contributed by atoms with Crippen LogP contribution in [0.1, 0.15) is 41.9 Å². The maximum absolute atomic E-state index is 4.31. The third kappa shape index (κ3) is 2.72. The summed E-state index contributed by atoms with van der Waals surface area (Å²) in [5.74, 6) is 2.25. The summed E-state index contributed by atoms with van der Waals surface area (Å²) < 4.78 is 2.28. The molecule has 102 valence electrons. The number of hydrogen-bond donors (Lipinski definition) is 1. The average molecular weight is 276 g/mol. The molecular formula is C14H20N4S. The molecule has 4 nitrogen and oxygen atoms in total. The predicted molar refractivity (Wildman–Crippen MR) is 77.2 cm³/mol. The minimum Gasteiger partial charge on any atom is -0.314 e. The van der Waals surface area contributed by atoms with Gasteiger partial charge in [-0.05, 0) is 36.3 Å². The Kier molecular flexibility index (Phi) is 3.94. The third-order valence-corrected chi connectivity index (χ3v) is 4.69. The molecule has 0 saturated carbocycles. The van der Waals surface area contributed by atoms with Gasteiger partial charge in [0.15, 0.2) is 0 Å². The molecule has 0 atom stereocenters. The maximum atomic E-state index is 4.31. The Labute approximate surface area is 117 Å². The Morgan fingerprint density at radius 1 is 1.32 bits per heavy atom. The van der Waals surface area contributed by atoms with Gasteiger partial charge in [0.1, 0.15) is 11.6 Å². The summed E-state index contributed by atoms with van der Waals surface area (Å²) in [6, 6.07) is 2.22. The van der Waals surface area contributed by atoms with Gasteiger partial charge < -0.3 is 9.88 Å².